The second kappa shape index (κ2) is 8.31. The summed E-state index contributed by atoms with van der Waals surface area (Å²) in [4.78, 5) is 34.5. The number of sulfonamides is 1. The molecular weight excluding hydrogens is 360 g/mol. The Kier molecular flexibility index (Phi) is 6.36. The Balaban J connectivity index is 1.92. The van der Waals surface area contributed by atoms with Crippen molar-refractivity contribution in [3.63, 3.8) is 0 Å². The van der Waals surface area contributed by atoms with Crippen LogP contribution in [-0.4, -0.2) is 48.7 Å². The third-order valence-corrected chi connectivity index (χ3v) is 6.06. The van der Waals surface area contributed by atoms with Crippen LogP contribution in [0.15, 0.2) is 23.1 Å². The first-order valence-corrected chi connectivity index (χ1v) is 9.94. The van der Waals surface area contributed by atoms with Gasteiger partial charge < -0.3 is 10.4 Å². The van der Waals surface area contributed by atoms with Crippen molar-refractivity contribution in [1.29, 1.82) is 0 Å². The summed E-state index contributed by atoms with van der Waals surface area (Å²) in [5.74, 6) is -1.79. The zero-order valence-electron chi connectivity index (χ0n) is 14.5. The lowest BCUT2D eigenvalue weighted by atomic mass is 10.1. The number of rotatable bonds is 9. The van der Waals surface area contributed by atoms with Gasteiger partial charge in [-0.1, -0.05) is 12.8 Å². The summed E-state index contributed by atoms with van der Waals surface area (Å²) in [5.41, 5.74) is 0.269. The topological polar surface area (TPSA) is 121 Å². The maximum Gasteiger partial charge on any atom is 0.303 e. The van der Waals surface area contributed by atoms with E-state index >= 15 is 0 Å². The molecule has 2 amide bonds. The smallest absolute Gasteiger partial charge is 0.303 e. The van der Waals surface area contributed by atoms with Gasteiger partial charge in [0.15, 0.2) is 0 Å². The normalized spacial score (nSPS) is 15.0. The first-order valence-electron chi connectivity index (χ1n) is 8.50. The zero-order valence-corrected chi connectivity index (χ0v) is 15.3. The SMILES string of the molecule is CCN1C(=O)c2ccc(C(=O)NCCCCCCC(=O)O)cc2S1(=O)=O. The van der Waals surface area contributed by atoms with Gasteiger partial charge in [-0.3, -0.25) is 14.4 Å². The molecule has 1 aromatic carbocycles. The highest BCUT2D eigenvalue weighted by molar-refractivity contribution is 7.90. The van der Waals surface area contributed by atoms with E-state index in [9.17, 15) is 22.8 Å². The van der Waals surface area contributed by atoms with E-state index in [1.807, 2.05) is 0 Å². The van der Waals surface area contributed by atoms with Gasteiger partial charge in [-0.15, -0.1) is 0 Å². The van der Waals surface area contributed by atoms with E-state index in [-0.39, 0.29) is 29.0 Å². The summed E-state index contributed by atoms with van der Waals surface area (Å²) in [6.07, 6.45) is 3.02. The summed E-state index contributed by atoms with van der Waals surface area (Å²) in [6.45, 7) is 2.03. The molecule has 0 fully saturated rings. The van der Waals surface area contributed by atoms with Gasteiger partial charge in [0.2, 0.25) is 0 Å². The second-order valence-electron chi connectivity index (χ2n) is 6.00. The monoisotopic (exact) mass is 382 g/mol. The summed E-state index contributed by atoms with van der Waals surface area (Å²) in [6, 6.07) is 4.04. The van der Waals surface area contributed by atoms with Gasteiger partial charge in [0.1, 0.15) is 4.90 Å². The van der Waals surface area contributed by atoms with Crippen LogP contribution >= 0.6 is 0 Å². The molecule has 0 bridgehead atoms. The Morgan fingerprint density at radius 2 is 1.85 bits per heavy atom. The van der Waals surface area contributed by atoms with E-state index in [0.29, 0.717) is 19.4 Å². The molecular formula is C17H22N2O6S. The fraction of sp³-hybridized carbons (Fsp3) is 0.471. The number of hydrogen-bond donors (Lipinski definition) is 2. The number of carboxylic acid groups (broad SMARTS) is 1. The van der Waals surface area contributed by atoms with Crippen molar-refractivity contribution in [1.82, 2.24) is 9.62 Å². The van der Waals surface area contributed by atoms with Gasteiger partial charge in [-0.2, -0.15) is 0 Å². The molecule has 2 N–H and O–H groups in total. The standard InChI is InChI=1S/C17H22N2O6S/c1-2-19-17(23)13-9-8-12(11-14(13)26(19,24)25)16(22)18-10-6-4-3-5-7-15(20)21/h8-9,11H,2-7,10H2,1H3,(H,18,22)(H,20,21). The van der Waals surface area contributed by atoms with Crippen LogP contribution in [-0.2, 0) is 14.8 Å². The quantitative estimate of drug-likeness (QED) is 0.626. The van der Waals surface area contributed by atoms with Crippen molar-refractivity contribution in [3.8, 4) is 0 Å². The number of carbonyl (C=O) groups is 3. The number of carboxylic acids is 1. The molecule has 1 heterocycles. The maximum absolute atomic E-state index is 12.3. The summed E-state index contributed by atoms with van der Waals surface area (Å²) in [7, 11) is -3.89. The average Bonchev–Trinajstić information content (AvgIpc) is 2.79. The summed E-state index contributed by atoms with van der Waals surface area (Å²) >= 11 is 0. The lowest BCUT2D eigenvalue weighted by molar-refractivity contribution is -0.137. The molecule has 0 radical (unpaired) electrons. The zero-order chi connectivity index (χ0) is 19.3. The van der Waals surface area contributed by atoms with Gasteiger partial charge in [0, 0.05) is 25.1 Å². The molecule has 1 aliphatic heterocycles. The number of nitrogens with one attached hydrogen (secondary N) is 1. The second-order valence-corrected chi connectivity index (χ2v) is 7.83. The molecule has 26 heavy (non-hydrogen) atoms. The Bertz CT molecular complexity index is 819. The Hall–Kier alpha value is -2.42. The van der Waals surface area contributed by atoms with Crippen molar-refractivity contribution in [2.24, 2.45) is 0 Å². The van der Waals surface area contributed by atoms with Crippen molar-refractivity contribution in [3.05, 3.63) is 29.3 Å². The van der Waals surface area contributed by atoms with E-state index < -0.39 is 27.8 Å². The van der Waals surface area contributed by atoms with Crippen molar-refractivity contribution in [2.75, 3.05) is 13.1 Å². The molecule has 0 atom stereocenters. The molecule has 1 aromatic rings. The van der Waals surface area contributed by atoms with E-state index in [4.69, 9.17) is 5.11 Å². The Labute approximate surface area is 152 Å². The summed E-state index contributed by atoms with van der Waals surface area (Å²) in [5, 5.41) is 11.2. The highest BCUT2D eigenvalue weighted by Gasteiger charge is 2.40. The number of unbranched alkanes of at least 4 members (excludes halogenated alkanes) is 3. The fourth-order valence-electron chi connectivity index (χ4n) is 2.79. The van der Waals surface area contributed by atoms with E-state index in [1.165, 1.54) is 18.2 Å². The average molecular weight is 382 g/mol. The maximum atomic E-state index is 12.3. The minimum Gasteiger partial charge on any atom is -0.481 e. The number of fused-ring (bicyclic) bond motifs is 1. The third-order valence-electron chi connectivity index (χ3n) is 4.16. The third kappa shape index (κ3) is 4.21. The molecule has 9 heteroatoms. The van der Waals surface area contributed by atoms with Crippen LogP contribution in [0, 0.1) is 0 Å². The lowest BCUT2D eigenvalue weighted by Gasteiger charge is -2.11. The molecule has 0 unspecified atom stereocenters. The molecule has 8 nitrogen and oxygen atoms in total. The van der Waals surface area contributed by atoms with Crippen molar-refractivity contribution < 1.29 is 27.9 Å². The molecule has 0 saturated heterocycles. The van der Waals surface area contributed by atoms with Gasteiger partial charge in [-0.05, 0) is 38.0 Å². The van der Waals surface area contributed by atoms with Crippen LogP contribution in [0.25, 0.3) is 0 Å². The predicted octanol–water partition coefficient (Wildman–Crippen LogP) is 1.62. The van der Waals surface area contributed by atoms with Crippen LogP contribution < -0.4 is 5.32 Å². The van der Waals surface area contributed by atoms with Crippen molar-refractivity contribution in [2.45, 2.75) is 43.9 Å². The van der Waals surface area contributed by atoms with Crippen LogP contribution in [0.3, 0.4) is 0 Å². The fourth-order valence-corrected chi connectivity index (χ4v) is 4.39. The van der Waals surface area contributed by atoms with Crippen LogP contribution in [0.5, 0.6) is 0 Å². The van der Waals surface area contributed by atoms with Crippen LogP contribution in [0.4, 0.5) is 0 Å². The number of amides is 2. The van der Waals surface area contributed by atoms with E-state index in [0.717, 1.165) is 17.1 Å². The number of benzene rings is 1. The minimum atomic E-state index is -3.89. The first-order chi connectivity index (χ1) is 12.3. The lowest BCUT2D eigenvalue weighted by Crippen LogP contribution is -2.29. The largest absolute Gasteiger partial charge is 0.481 e. The van der Waals surface area contributed by atoms with Crippen LogP contribution in [0.2, 0.25) is 0 Å². The predicted molar refractivity (Wildman–Crippen MR) is 93.4 cm³/mol. The molecule has 2 rings (SSSR count). The van der Waals surface area contributed by atoms with Gasteiger partial charge in [0.25, 0.3) is 21.8 Å². The van der Waals surface area contributed by atoms with Gasteiger partial charge in [-0.25, -0.2) is 12.7 Å². The molecule has 0 spiro atoms. The number of nitrogens with zero attached hydrogens (tertiary/aromatic N) is 1. The molecule has 0 aromatic heterocycles. The van der Waals surface area contributed by atoms with E-state index in [1.54, 1.807) is 6.92 Å². The Morgan fingerprint density at radius 1 is 1.15 bits per heavy atom. The van der Waals surface area contributed by atoms with Gasteiger partial charge in [0.05, 0.1) is 5.56 Å². The number of aliphatic carboxylic acids is 1. The highest BCUT2D eigenvalue weighted by Crippen LogP contribution is 2.30. The molecule has 0 aliphatic carbocycles. The van der Waals surface area contributed by atoms with Crippen LogP contribution in [0.1, 0.15) is 59.7 Å². The summed E-state index contributed by atoms with van der Waals surface area (Å²) < 4.78 is 25.5. The number of hydrogen-bond acceptors (Lipinski definition) is 5. The Morgan fingerprint density at radius 3 is 2.50 bits per heavy atom. The molecule has 1 aliphatic rings. The van der Waals surface area contributed by atoms with Crippen molar-refractivity contribution >= 4 is 27.8 Å². The van der Waals surface area contributed by atoms with E-state index in [2.05, 4.69) is 5.32 Å². The molecule has 142 valence electrons. The minimum absolute atomic E-state index is 0.0409. The number of carbonyl (C=O) groups excluding carboxylic acids is 2. The van der Waals surface area contributed by atoms with Gasteiger partial charge >= 0.3 is 5.97 Å². The molecule has 0 saturated carbocycles. The highest BCUT2D eigenvalue weighted by atomic mass is 32.2. The first kappa shape index (κ1) is 19.9.